The van der Waals surface area contributed by atoms with Crippen molar-refractivity contribution in [2.45, 2.75) is 39.7 Å². The van der Waals surface area contributed by atoms with Crippen LogP contribution in [0.25, 0.3) is 0 Å². The third kappa shape index (κ3) is 3.49. The Morgan fingerprint density at radius 2 is 2.06 bits per heavy atom. The summed E-state index contributed by atoms with van der Waals surface area (Å²) in [5.41, 5.74) is 1.83. The highest BCUT2D eigenvalue weighted by atomic mass is 16.3. The van der Waals surface area contributed by atoms with Crippen LogP contribution in [-0.4, -0.2) is 23.7 Å². The Hall–Kier alpha value is -1.09. The number of rotatable bonds is 6. The molecule has 0 bridgehead atoms. The second-order valence-electron chi connectivity index (χ2n) is 4.20. The third-order valence-electron chi connectivity index (χ3n) is 2.84. The summed E-state index contributed by atoms with van der Waals surface area (Å²) in [7, 11) is 2.07. The predicted octanol–water partition coefficient (Wildman–Crippen LogP) is 2.51. The third-order valence-corrected chi connectivity index (χ3v) is 2.84. The fourth-order valence-corrected chi connectivity index (χ4v) is 1.67. The van der Waals surface area contributed by atoms with Crippen LogP contribution in [0.4, 0.5) is 5.82 Å². The van der Waals surface area contributed by atoms with Gasteiger partial charge in [0.1, 0.15) is 5.82 Å². The quantitative estimate of drug-likeness (QED) is 0.751. The number of unbranched alkanes of at least 4 members (excludes halogenated alkanes) is 2. The number of aryl methyl sites for hydroxylation is 1. The van der Waals surface area contributed by atoms with Crippen molar-refractivity contribution in [3.8, 4) is 0 Å². The molecule has 1 rings (SSSR count). The Balaban J connectivity index is 2.62. The summed E-state index contributed by atoms with van der Waals surface area (Å²) in [4.78, 5) is 6.66. The summed E-state index contributed by atoms with van der Waals surface area (Å²) in [6.07, 6.45) is 3.71. The monoisotopic (exact) mass is 222 g/mol. The van der Waals surface area contributed by atoms with E-state index in [-0.39, 0.29) is 6.61 Å². The smallest absolute Gasteiger partial charge is 0.128 e. The Kier molecular flexibility index (Phi) is 5.26. The molecule has 1 heterocycles. The molecule has 1 N–H and O–H groups in total. The van der Waals surface area contributed by atoms with Crippen molar-refractivity contribution in [1.29, 1.82) is 0 Å². The van der Waals surface area contributed by atoms with Crippen LogP contribution in [0, 0.1) is 6.92 Å². The van der Waals surface area contributed by atoms with Gasteiger partial charge in [0.05, 0.1) is 6.61 Å². The number of aromatic nitrogens is 1. The fourth-order valence-electron chi connectivity index (χ4n) is 1.67. The van der Waals surface area contributed by atoms with E-state index < -0.39 is 0 Å². The van der Waals surface area contributed by atoms with E-state index in [1.807, 2.05) is 19.1 Å². The number of anilines is 1. The molecular formula is C13H22N2O. The zero-order valence-electron chi connectivity index (χ0n) is 10.5. The lowest BCUT2D eigenvalue weighted by atomic mass is 10.2. The standard InChI is InChI=1S/C13H22N2O/c1-4-5-6-9-15(3)13-8-7-12(10-16)11(2)14-13/h7-8,16H,4-6,9-10H2,1-3H3. The number of aliphatic hydroxyl groups excluding tert-OH is 1. The first-order valence-electron chi connectivity index (χ1n) is 5.97. The molecule has 3 nitrogen and oxygen atoms in total. The molecule has 0 unspecified atom stereocenters. The van der Waals surface area contributed by atoms with Gasteiger partial charge < -0.3 is 10.0 Å². The Labute approximate surface area is 98.1 Å². The van der Waals surface area contributed by atoms with Crippen molar-refractivity contribution >= 4 is 5.82 Å². The van der Waals surface area contributed by atoms with Crippen LogP contribution in [0.5, 0.6) is 0 Å². The molecule has 3 heteroatoms. The lowest BCUT2D eigenvalue weighted by Crippen LogP contribution is -2.20. The van der Waals surface area contributed by atoms with Gasteiger partial charge in [0.25, 0.3) is 0 Å². The lowest BCUT2D eigenvalue weighted by Gasteiger charge is -2.19. The van der Waals surface area contributed by atoms with Crippen LogP contribution in [-0.2, 0) is 6.61 Å². The van der Waals surface area contributed by atoms with Crippen molar-refractivity contribution < 1.29 is 5.11 Å². The topological polar surface area (TPSA) is 36.4 Å². The summed E-state index contributed by atoms with van der Waals surface area (Å²) in [5.74, 6) is 0.991. The van der Waals surface area contributed by atoms with Gasteiger partial charge in [-0.1, -0.05) is 25.8 Å². The van der Waals surface area contributed by atoms with Crippen molar-refractivity contribution in [1.82, 2.24) is 4.98 Å². The maximum atomic E-state index is 9.07. The van der Waals surface area contributed by atoms with Gasteiger partial charge in [-0.2, -0.15) is 0 Å². The summed E-state index contributed by atoms with van der Waals surface area (Å²) < 4.78 is 0. The predicted molar refractivity (Wildman–Crippen MR) is 67.7 cm³/mol. The Morgan fingerprint density at radius 3 is 2.62 bits per heavy atom. The molecule has 16 heavy (non-hydrogen) atoms. The average molecular weight is 222 g/mol. The number of nitrogens with zero attached hydrogens (tertiary/aromatic N) is 2. The maximum Gasteiger partial charge on any atom is 0.128 e. The van der Waals surface area contributed by atoms with Gasteiger partial charge >= 0.3 is 0 Å². The first-order valence-corrected chi connectivity index (χ1v) is 5.97. The minimum absolute atomic E-state index is 0.0681. The van der Waals surface area contributed by atoms with Gasteiger partial charge in [-0.25, -0.2) is 4.98 Å². The molecule has 0 aromatic carbocycles. The number of hydrogen-bond donors (Lipinski definition) is 1. The van der Waals surface area contributed by atoms with E-state index in [4.69, 9.17) is 5.11 Å². The Bertz CT molecular complexity index is 326. The average Bonchev–Trinajstić information content (AvgIpc) is 2.29. The molecule has 0 atom stereocenters. The molecule has 0 radical (unpaired) electrons. The molecule has 0 saturated carbocycles. The first-order chi connectivity index (χ1) is 7.69. The van der Waals surface area contributed by atoms with Crippen molar-refractivity contribution in [3.05, 3.63) is 23.4 Å². The van der Waals surface area contributed by atoms with E-state index in [1.165, 1.54) is 19.3 Å². The van der Waals surface area contributed by atoms with E-state index >= 15 is 0 Å². The summed E-state index contributed by atoms with van der Waals surface area (Å²) in [6.45, 7) is 5.25. The second-order valence-corrected chi connectivity index (χ2v) is 4.20. The SMILES string of the molecule is CCCCCN(C)c1ccc(CO)c(C)n1. The minimum Gasteiger partial charge on any atom is -0.392 e. The number of aliphatic hydroxyl groups is 1. The zero-order valence-corrected chi connectivity index (χ0v) is 10.5. The van der Waals surface area contributed by atoms with Crippen molar-refractivity contribution in [2.75, 3.05) is 18.5 Å². The van der Waals surface area contributed by atoms with Crippen LogP contribution >= 0.6 is 0 Å². The molecule has 0 amide bonds. The van der Waals surface area contributed by atoms with Crippen molar-refractivity contribution in [2.24, 2.45) is 0 Å². The van der Waals surface area contributed by atoms with E-state index in [2.05, 4.69) is 23.9 Å². The van der Waals surface area contributed by atoms with E-state index in [9.17, 15) is 0 Å². The first kappa shape index (κ1) is 13.0. The molecule has 1 aromatic heterocycles. The molecule has 0 fully saturated rings. The highest BCUT2D eigenvalue weighted by molar-refractivity contribution is 5.40. The molecular weight excluding hydrogens is 200 g/mol. The van der Waals surface area contributed by atoms with Crippen molar-refractivity contribution in [3.63, 3.8) is 0 Å². The van der Waals surface area contributed by atoms with Gasteiger partial charge in [0, 0.05) is 19.3 Å². The molecule has 1 aromatic rings. The largest absolute Gasteiger partial charge is 0.392 e. The van der Waals surface area contributed by atoms with E-state index in [0.717, 1.165) is 23.6 Å². The molecule has 0 saturated heterocycles. The molecule has 0 aliphatic rings. The van der Waals surface area contributed by atoms with Crippen LogP contribution in [0.1, 0.15) is 37.4 Å². The van der Waals surface area contributed by atoms with Gasteiger partial charge in [0.15, 0.2) is 0 Å². The molecule has 0 aliphatic carbocycles. The van der Waals surface area contributed by atoms with Crippen LogP contribution in [0.3, 0.4) is 0 Å². The maximum absolute atomic E-state index is 9.07. The fraction of sp³-hybridized carbons (Fsp3) is 0.615. The van der Waals surface area contributed by atoms with E-state index in [1.54, 1.807) is 0 Å². The van der Waals surface area contributed by atoms with Gasteiger partial charge in [-0.3, -0.25) is 0 Å². The van der Waals surface area contributed by atoms with Crippen LogP contribution < -0.4 is 4.90 Å². The number of hydrogen-bond acceptors (Lipinski definition) is 3. The van der Waals surface area contributed by atoms with E-state index in [0.29, 0.717) is 0 Å². The zero-order chi connectivity index (χ0) is 12.0. The lowest BCUT2D eigenvalue weighted by molar-refractivity contribution is 0.280. The Morgan fingerprint density at radius 1 is 1.31 bits per heavy atom. The second kappa shape index (κ2) is 6.48. The van der Waals surface area contributed by atoms with Crippen LogP contribution in [0.2, 0.25) is 0 Å². The normalized spacial score (nSPS) is 10.5. The molecule has 90 valence electrons. The highest BCUT2D eigenvalue weighted by Gasteiger charge is 2.04. The molecule has 0 spiro atoms. The van der Waals surface area contributed by atoms with Gasteiger partial charge in [-0.15, -0.1) is 0 Å². The minimum atomic E-state index is 0.0681. The van der Waals surface area contributed by atoms with Gasteiger partial charge in [-0.05, 0) is 25.0 Å². The summed E-state index contributed by atoms with van der Waals surface area (Å²) in [6, 6.07) is 3.93. The number of pyridine rings is 1. The summed E-state index contributed by atoms with van der Waals surface area (Å²) >= 11 is 0. The summed E-state index contributed by atoms with van der Waals surface area (Å²) in [5, 5.41) is 9.07. The van der Waals surface area contributed by atoms with Crippen LogP contribution in [0.15, 0.2) is 12.1 Å². The highest BCUT2D eigenvalue weighted by Crippen LogP contribution is 2.14. The molecule has 0 aliphatic heterocycles. The van der Waals surface area contributed by atoms with Gasteiger partial charge in [0.2, 0.25) is 0 Å².